The molecule has 1 heterocycles. The molecule has 3 N–H and O–H groups in total. The predicted octanol–water partition coefficient (Wildman–Crippen LogP) is -0.496. The van der Waals surface area contributed by atoms with E-state index < -0.39 is 0 Å². The van der Waals surface area contributed by atoms with E-state index in [1.54, 1.807) is 0 Å². The Hall–Kier alpha value is -0.150. The van der Waals surface area contributed by atoms with E-state index in [4.69, 9.17) is 5.73 Å². The summed E-state index contributed by atoms with van der Waals surface area (Å²) in [6, 6.07) is 0. The fourth-order valence-corrected chi connectivity index (χ4v) is 0.772. The van der Waals surface area contributed by atoms with E-state index in [1.165, 1.54) is 0 Å². The average Bonchev–Trinajstić information content (AvgIpc) is 1.67. The van der Waals surface area contributed by atoms with Crippen molar-refractivity contribution in [3.8, 4) is 0 Å². The first kappa shape index (κ1) is 5.98. The van der Waals surface area contributed by atoms with Gasteiger partial charge in [-0.25, -0.2) is 0 Å². The minimum atomic E-state index is -0.281. The Bertz CT molecular complexity index is 67.0. The van der Waals surface area contributed by atoms with Crippen molar-refractivity contribution in [2.45, 2.75) is 0 Å². The van der Waals surface area contributed by atoms with Crippen LogP contribution in [0.1, 0.15) is 0 Å². The van der Waals surface area contributed by atoms with Crippen LogP contribution in [0.25, 0.3) is 0 Å². The molecule has 1 aliphatic rings. The van der Waals surface area contributed by atoms with Crippen molar-refractivity contribution in [2.24, 2.45) is 11.1 Å². The molecule has 0 atom stereocenters. The molecule has 1 rings (SSSR count). The standard InChI is InChI=1S/C5H11FN2/c6-1-5(2-7)3-8-4-5/h8H,1-4,7H2. The van der Waals surface area contributed by atoms with Crippen LogP contribution >= 0.6 is 0 Å². The Morgan fingerprint density at radius 3 is 2.25 bits per heavy atom. The second kappa shape index (κ2) is 1.99. The summed E-state index contributed by atoms with van der Waals surface area (Å²) in [5.74, 6) is 0. The molecule has 1 saturated heterocycles. The van der Waals surface area contributed by atoms with Gasteiger partial charge in [-0.15, -0.1) is 0 Å². The van der Waals surface area contributed by atoms with Gasteiger partial charge in [0.25, 0.3) is 0 Å². The lowest BCUT2D eigenvalue weighted by atomic mass is 9.84. The van der Waals surface area contributed by atoms with Gasteiger partial charge in [0.1, 0.15) is 0 Å². The van der Waals surface area contributed by atoms with Gasteiger partial charge in [-0.2, -0.15) is 0 Å². The van der Waals surface area contributed by atoms with Gasteiger partial charge in [0.05, 0.1) is 6.67 Å². The molecule has 0 unspecified atom stereocenters. The van der Waals surface area contributed by atoms with Crippen LogP contribution in [0.4, 0.5) is 4.39 Å². The van der Waals surface area contributed by atoms with Crippen molar-refractivity contribution in [1.29, 1.82) is 0 Å². The molecule has 0 aromatic rings. The molecule has 0 aromatic heterocycles. The van der Waals surface area contributed by atoms with E-state index in [0.717, 1.165) is 13.1 Å². The summed E-state index contributed by atoms with van der Waals surface area (Å²) >= 11 is 0. The van der Waals surface area contributed by atoms with Crippen molar-refractivity contribution in [2.75, 3.05) is 26.3 Å². The number of hydrogen-bond donors (Lipinski definition) is 2. The second-order valence-corrected chi connectivity index (χ2v) is 2.44. The van der Waals surface area contributed by atoms with E-state index in [2.05, 4.69) is 5.32 Å². The van der Waals surface area contributed by atoms with Gasteiger partial charge >= 0.3 is 0 Å². The van der Waals surface area contributed by atoms with Gasteiger partial charge in [-0.1, -0.05) is 0 Å². The third kappa shape index (κ3) is 0.717. The van der Waals surface area contributed by atoms with Gasteiger partial charge in [0.2, 0.25) is 0 Å². The Morgan fingerprint density at radius 1 is 1.62 bits per heavy atom. The first-order chi connectivity index (χ1) is 3.83. The van der Waals surface area contributed by atoms with E-state index in [1.807, 2.05) is 0 Å². The minimum Gasteiger partial charge on any atom is -0.330 e. The quantitative estimate of drug-likeness (QED) is 0.513. The molecule has 48 valence electrons. The molecule has 0 spiro atoms. The highest BCUT2D eigenvalue weighted by atomic mass is 19.1. The topological polar surface area (TPSA) is 38.0 Å². The normalized spacial score (nSPS) is 24.8. The van der Waals surface area contributed by atoms with E-state index in [9.17, 15) is 4.39 Å². The Kier molecular flexibility index (Phi) is 1.49. The molecule has 1 fully saturated rings. The number of hydrogen-bond acceptors (Lipinski definition) is 2. The number of nitrogens with one attached hydrogen (secondary N) is 1. The van der Waals surface area contributed by atoms with Gasteiger partial charge in [0, 0.05) is 25.0 Å². The summed E-state index contributed by atoms with van der Waals surface area (Å²) in [4.78, 5) is 0. The molecule has 0 aliphatic carbocycles. The van der Waals surface area contributed by atoms with Crippen LogP contribution in [0.5, 0.6) is 0 Å². The number of rotatable bonds is 2. The van der Waals surface area contributed by atoms with Gasteiger partial charge in [0.15, 0.2) is 0 Å². The average molecular weight is 118 g/mol. The van der Waals surface area contributed by atoms with Gasteiger partial charge in [-0.05, 0) is 0 Å². The molecule has 0 bridgehead atoms. The largest absolute Gasteiger partial charge is 0.330 e. The Morgan fingerprint density at radius 2 is 2.25 bits per heavy atom. The van der Waals surface area contributed by atoms with E-state index in [-0.39, 0.29) is 12.1 Å². The third-order valence-electron chi connectivity index (χ3n) is 1.72. The van der Waals surface area contributed by atoms with Crippen LogP contribution in [0.3, 0.4) is 0 Å². The maximum Gasteiger partial charge on any atom is 0.0987 e. The van der Waals surface area contributed by atoms with Crippen molar-refractivity contribution in [1.82, 2.24) is 5.32 Å². The summed E-state index contributed by atoms with van der Waals surface area (Å²) < 4.78 is 12.0. The van der Waals surface area contributed by atoms with Crippen LogP contribution in [0, 0.1) is 5.41 Å². The number of nitrogens with two attached hydrogens (primary N) is 1. The maximum absolute atomic E-state index is 12.0. The molecule has 0 radical (unpaired) electrons. The summed E-state index contributed by atoms with van der Waals surface area (Å²) in [6.45, 7) is 1.69. The number of halogens is 1. The molecule has 3 heteroatoms. The van der Waals surface area contributed by atoms with Crippen LogP contribution in [-0.4, -0.2) is 26.3 Å². The lowest BCUT2D eigenvalue weighted by Gasteiger charge is -2.39. The lowest BCUT2D eigenvalue weighted by molar-refractivity contribution is 0.130. The molecule has 0 saturated carbocycles. The van der Waals surface area contributed by atoms with Gasteiger partial charge in [-0.3, -0.25) is 4.39 Å². The zero-order chi connectivity index (χ0) is 6.04. The summed E-state index contributed by atoms with van der Waals surface area (Å²) in [7, 11) is 0. The summed E-state index contributed by atoms with van der Waals surface area (Å²) in [5, 5.41) is 2.98. The van der Waals surface area contributed by atoms with Crippen molar-refractivity contribution in [3.05, 3.63) is 0 Å². The van der Waals surface area contributed by atoms with Crippen LogP contribution in [-0.2, 0) is 0 Å². The Balaban J connectivity index is 2.33. The molecule has 0 amide bonds. The predicted molar refractivity (Wildman–Crippen MR) is 30.3 cm³/mol. The fraction of sp³-hybridized carbons (Fsp3) is 1.00. The molecular formula is C5H11FN2. The van der Waals surface area contributed by atoms with Crippen LogP contribution in [0.15, 0.2) is 0 Å². The highest BCUT2D eigenvalue weighted by Gasteiger charge is 2.35. The zero-order valence-corrected chi connectivity index (χ0v) is 4.78. The smallest absolute Gasteiger partial charge is 0.0987 e. The molecule has 1 aliphatic heterocycles. The number of alkyl halides is 1. The maximum atomic E-state index is 12.0. The molecule has 8 heavy (non-hydrogen) atoms. The van der Waals surface area contributed by atoms with Crippen LogP contribution in [0.2, 0.25) is 0 Å². The lowest BCUT2D eigenvalue weighted by Crippen LogP contribution is -2.58. The van der Waals surface area contributed by atoms with Gasteiger partial charge < -0.3 is 11.1 Å². The van der Waals surface area contributed by atoms with Crippen molar-refractivity contribution in [3.63, 3.8) is 0 Å². The minimum absolute atomic E-state index is 0.194. The highest BCUT2D eigenvalue weighted by molar-refractivity contribution is 4.92. The monoisotopic (exact) mass is 118 g/mol. The Labute approximate surface area is 48.2 Å². The molecular weight excluding hydrogens is 107 g/mol. The first-order valence-electron chi connectivity index (χ1n) is 2.80. The molecule has 2 nitrogen and oxygen atoms in total. The zero-order valence-electron chi connectivity index (χ0n) is 4.78. The van der Waals surface area contributed by atoms with Crippen molar-refractivity contribution < 1.29 is 4.39 Å². The van der Waals surface area contributed by atoms with Crippen molar-refractivity contribution >= 4 is 0 Å². The fourth-order valence-electron chi connectivity index (χ4n) is 0.772. The van der Waals surface area contributed by atoms with E-state index in [0.29, 0.717) is 6.54 Å². The summed E-state index contributed by atoms with van der Waals surface area (Å²) in [6.07, 6.45) is 0. The third-order valence-corrected chi connectivity index (χ3v) is 1.72. The summed E-state index contributed by atoms with van der Waals surface area (Å²) in [5.41, 5.74) is 5.10. The van der Waals surface area contributed by atoms with E-state index >= 15 is 0 Å². The highest BCUT2D eigenvalue weighted by Crippen LogP contribution is 2.20. The molecule has 0 aromatic carbocycles. The first-order valence-corrected chi connectivity index (χ1v) is 2.80. The SMILES string of the molecule is NCC1(CF)CNC1. The van der Waals surface area contributed by atoms with Crippen LogP contribution < -0.4 is 11.1 Å². The second-order valence-electron chi connectivity index (χ2n) is 2.44.